The van der Waals surface area contributed by atoms with Gasteiger partial charge in [-0.1, -0.05) is 60.1 Å². The number of benzene rings is 2. The Morgan fingerprint density at radius 1 is 0.676 bits per heavy atom. The van der Waals surface area contributed by atoms with Crippen LogP contribution in [0.1, 0.15) is 38.8 Å². The third-order valence-electron chi connectivity index (χ3n) is 7.35. The van der Waals surface area contributed by atoms with Gasteiger partial charge in [0, 0.05) is 16.1 Å². The minimum Gasteiger partial charge on any atom is -0.858 e. The maximum atomic E-state index is 12.4. The SMILES string of the molecule is CC[N+](CC)(CCN=C([O-])C([O-])=NCC[N+](CC)(CC)Cc1ccccc1Cl)Cc1ccccc1.Cl.Cl. The van der Waals surface area contributed by atoms with Gasteiger partial charge in [-0.05, 0) is 45.6 Å². The zero-order valence-electron chi connectivity index (χ0n) is 22.6. The lowest BCUT2D eigenvalue weighted by Gasteiger charge is -2.37. The molecule has 0 saturated carbocycles. The molecule has 0 spiro atoms. The summed E-state index contributed by atoms with van der Waals surface area (Å²) in [5.74, 6) is -1.49. The minimum atomic E-state index is -0.748. The molecule has 0 atom stereocenters. The Hall–Kier alpha value is -1.83. The highest BCUT2D eigenvalue weighted by Crippen LogP contribution is 2.21. The number of hydrogen-bond acceptors (Lipinski definition) is 4. The molecule has 0 aliphatic carbocycles. The Bertz CT molecular complexity index is 963. The molecule has 0 N–H and O–H groups in total. The molecule has 0 fully saturated rings. The van der Waals surface area contributed by atoms with Gasteiger partial charge in [0.2, 0.25) is 0 Å². The maximum Gasteiger partial charge on any atom is 0.106 e. The Kier molecular flexibility index (Phi) is 16.8. The molecule has 0 aromatic heterocycles. The summed E-state index contributed by atoms with van der Waals surface area (Å²) in [5.41, 5.74) is 2.35. The summed E-state index contributed by atoms with van der Waals surface area (Å²) < 4.78 is 1.57. The van der Waals surface area contributed by atoms with Gasteiger partial charge in [-0.25, -0.2) is 0 Å². The van der Waals surface area contributed by atoms with Crippen molar-refractivity contribution in [3.63, 3.8) is 0 Å². The van der Waals surface area contributed by atoms with Crippen LogP contribution in [-0.2, 0) is 13.1 Å². The number of hydrogen-bond donors (Lipinski definition) is 0. The van der Waals surface area contributed by atoms with Gasteiger partial charge < -0.3 is 19.2 Å². The van der Waals surface area contributed by atoms with Gasteiger partial charge in [-0.2, -0.15) is 0 Å². The quantitative estimate of drug-likeness (QED) is 0.194. The molecule has 6 nitrogen and oxygen atoms in total. The second-order valence-corrected chi connectivity index (χ2v) is 9.57. The van der Waals surface area contributed by atoms with Gasteiger partial charge >= 0.3 is 0 Å². The van der Waals surface area contributed by atoms with Gasteiger partial charge in [-0.15, -0.1) is 24.8 Å². The molecule has 2 aromatic rings. The average molecular weight is 574 g/mol. The lowest BCUT2D eigenvalue weighted by molar-refractivity contribution is -0.936. The van der Waals surface area contributed by atoms with E-state index in [1.165, 1.54) is 5.56 Å². The van der Waals surface area contributed by atoms with E-state index in [1.807, 2.05) is 42.5 Å². The monoisotopic (exact) mass is 572 g/mol. The van der Waals surface area contributed by atoms with Crippen molar-refractivity contribution in [1.82, 2.24) is 0 Å². The molecular formula is C28H43Cl3N4O2. The lowest BCUT2D eigenvalue weighted by Crippen LogP contribution is -2.49. The standard InChI is InChI=1S/C28H41ClN4O2.2ClH/c1-5-32(6-2,22-24-14-10-9-11-15-24)20-18-30-27(34)28(35)31-19-21-33(7-3,8-4)23-25-16-12-13-17-26(25)29;;/h9-17H,5-8,18-23H2,1-4H3;2*1H. The molecule has 0 aliphatic rings. The first-order valence-corrected chi connectivity index (χ1v) is 13.1. The maximum absolute atomic E-state index is 12.4. The Balaban J connectivity index is 0.00000648. The third-order valence-corrected chi connectivity index (χ3v) is 7.72. The predicted octanol–water partition coefficient (Wildman–Crippen LogP) is 4.11. The van der Waals surface area contributed by atoms with Crippen molar-refractivity contribution >= 4 is 48.2 Å². The molecule has 0 amide bonds. The highest BCUT2D eigenvalue weighted by molar-refractivity contribution is 6.31. The topological polar surface area (TPSA) is 70.8 Å². The van der Waals surface area contributed by atoms with E-state index >= 15 is 0 Å². The van der Waals surface area contributed by atoms with Crippen LogP contribution < -0.4 is 10.2 Å². The number of aliphatic imine (C=N–C) groups is 2. The van der Waals surface area contributed by atoms with Gasteiger partial charge in [0.1, 0.15) is 13.1 Å². The molecule has 2 aromatic carbocycles. The molecule has 0 aliphatic heterocycles. The summed E-state index contributed by atoms with van der Waals surface area (Å²) in [6, 6.07) is 18.2. The average Bonchev–Trinajstić information content (AvgIpc) is 2.89. The van der Waals surface area contributed by atoms with Crippen LogP contribution in [0, 0.1) is 0 Å². The van der Waals surface area contributed by atoms with Crippen molar-refractivity contribution in [3.8, 4) is 0 Å². The van der Waals surface area contributed by atoms with Crippen molar-refractivity contribution in [1.29, 1.82) is 0 Å². The molecule has 0 heterocycles. The first kappa shape index (κ1) is 35.2. The predicted molar refractivity (Wildman–Crippen MR) is 157 cm³/mol. The largest absolute Gasteiger partial charge is 0.858 e. The van der Waals surface area contributed by atoms with Crippen LogP contribution in [0.15, 0.2) is 64.6 Å². The van der Waals surface area contributed by atoms with Crippen LogP contribution in [0.3, 0.4) is 0 Å². The minimum absolute atomic E-state index is 0. The van der Waals surface area contributed by atoms with Crippen LogP contribution >= 0.6 is 36.4 Å². The van der Waals surface area contributed by atoms with E-state index in [1.54, 1.807) is 0 Å². The molecule has 9 heteroatoms. The first-order valence-electron chi connectivity index (χ1n) is 12.7. The summed E-state index contributed by atoms with van der Waals surface area (Å²) in [7, 11) is 0. The van der Waals surface area contributed by atoms with E-state index in [0.29, 0.717) is 26.2 Å². The highest BCUT2D eigenvalue weighted by atomic mass is 35.5. The van der Waals surface area contributed by atoms with E-state index in [0.717, 1.165) is 58.8 Å². The van der Waals surface area contributed by atoms with E-state index in [2.05, 4.69) is 49.8 Å². The van der Waals surface area contributed by atoms with Gasteiger partial charge in [0.15, 0.2) is 0 Å². The summed E-state index contributed by atoms with van der Waals surface area (Å²) in [5, 5.41) is 25.5. The Morgan fingerprint density at radius 3 is 1.57 bits per heavy atom. The van der Waals surface area contributed by atoms with Crippen LogP contribution in [0.25, 0.3) is 0 Å². The summed E-state index contributed by atoms with van der Waals surface area (Å²) in [6.07, 6.45) is 0. The number of halogens is 3. The molecule has 0 unspecified atom stereocenters. The number of likely N-dealkylation sites (N-methyl/N-ethyl adjacent to an activating group) is 2. The van der Waals surface area contributed by atoms with Crippen LogP contribution in [0.5, 0.6) is 0 Å². The zero-order chi connectivity index (χ0) is 25.7. The highest BCUT2D eigenvalue weighted by Gasteiger charge is 2.25. The molecule has 0 saturated heterocycles. The molecular weight excluding hydrogens is 531 g/mol. The van der Waals surface area contributed by atoms with Crippen molar-refractivity contribution in [3.05, 3.63) is 70.7 Å². The normalized spacial score (nSPS) is 12.6. The number of nitrogens with zero attached hydrogens (tertiary/aromatic N) is 4. The third kappa shape index (κ3) is 10.8. The smallest absolute Gasteiger partial charge is 0.106 e. The van der Waals surface area contributed by atoms with Crippen molar-refractivity contribution < 1.29 is 19.2 Å². The van der Waals surface area contributed by atoms with E-state index in [9.17, 15) is 10.2 Å². The van der Waals surface area contributed by atoms with Gasteiger partial charge in [-0.3, -0.25) is 9.98 Å². The second kappa shape index (κ2) is 17.6. The molecule has 0 bridgehead atoms. The summed E-state index contributed by atoms with van der Waals surface area (Å²) in [6.45, 7) is 15.9. The molecule has 0 radical (unpaired) electrons. The molecule has 2 rings (SSSR count). The van der Waals surface area contributed by atoms with Crippen molar-refractivity contribution in [2.24, 2.45) is 9.98 Å². The first-order chi connectivity index (χ1) is 16.8. The molecule has 37 heavy (non-hydrogen) atoms. The van der Waals surface area contributed by atoms with Crippen LogP contribution in [0.2, 0.25) is 5.02 Å². The van der Waals surface area contributed by atoms with Gasteiger partial charge in [0.05, 0.1) is 52.4 Å². The fourth-order valence-electron chi connectivity index (χ4n) is 4.51. The van der Waals surface area contributed by atoms with Crippen LogP contribution in [0.4, 0.5) is 0 Å². The summed E-state index contributed by atoms with van der Waals surface area (Å²) >= 11 is 6.37. The summed E-state index contributed by atoms with van der Waals surface area (Å²) in [4.78, 5) is 8.12. The van der Waals surface area contributed by atoms with Crippen molar-refractivity contribution in [2.45, 2.75) is 40.8 Å². The number of rotatable bonds is 14. The molecule has 208 valence electrons. The fraction of sp³-hybridized carbons (Fsp3) is 0.500. The number of quaternary nitrogens is 2. The van der Waals surface area contributed by atoms with Crippen molar-refractivity contribution in [2.75, 3.05) is 52.4 Å². The van der Waals surface area contributed by atoms with Gasteiger partial charge in [0.25, 0.3) is 0 Å². The lowest BCUT2D eigenvalue weighted by atomic mass is 10.1. The van der Waals surface area contributed by atoms with E-state index < -0.39 is 11.8 Å². The second-order valence-electron chi connectivity index (χ2n) is 9.16. The fourth-order valence-corrected chi connectivity index (χ4v) is 4.70. The van der Waals surface area contributed by atoms with Crippen LogP contribution in [-0.4, -0.2) is 73.1 Å². The van der Waals surface area contributed by atoms with E-state index in [-0.39, 0.29) is 24.8 Å². The Labute approximate surface area is 240 Å². The Morgan fingerprint density at radius 2 is 1.11 bits per heavy atom. The van der Waals surface area contributed by atoms with E-state index in [4.69, 9.17) is 11.6 Å². The zero-order valence-corrected chi connectivity index (χ0v) is 25.0.